The fourth-order valence-corrected chi connectivity index (χ4v) is 8.90. The molecule has 0 amide bonds. The smallest absolute Gasteiger partial charge is 0.306 e. The quantitative estimate of drug-likeness (QED) is 0.0261. The average Bonchev–Trinajstić information content (AvgIpc) is 3.40. The Kier molecular flexibility index (Phi) is 59.3. The average molecular weight is 1030 g/mol. The first-order valence-electron chi connectivity index (χ1n) is 31.6. The Hall–Kier alpha value is -3.41. The topological polar surface area (TPSA) is 78.9 Å². The van der Waals surface area contributed by atoms with Gasteiger partial charge in [-0.25, -0.2) is 0 Å². The summed E-state index contributed by atoms with van der Waals surface area (Å²) in [6.45, 7) is 6.50. The predicted octanol–water partition coefficient (Wildman–Crippen LogP) is 21.5. The van der Waals surface area contributed by atoms with Gasteiger partial charge in [0.1, 0.15) is 13.2 Å². The zero-order chi connectivity index (χ0) is 53.6. The summed E-state index contributed by atoms with van der Waals surface area (Å²) in [7, 11) is 0. The van der Waals surface area contributed by atoms with E-state index in [1.165, 1.54) is 161 Å². The van der Waals surface area contributed by atoms with E-state index in [0.29, 0.717) is 19.3 Å². The fraction of sp³-hybridized carbons (Fsp3) is 0.750. The van der Waals surface area contributed by atoms with Crippen molar-refractivity contribution in [2.24, 2.45) is 0 Å². The third-order valence-corrected chi connectivity index (χ3v) is 13.6. The first kappa shape index (κ1) is 70.6. The highest BCUT2D eigenvalue weighted by atomic mass is 16.6. The van der Waals surface area contributed by atoms with Crippen molar-refractivity contribution in [2.75, 3.05) is 13.2 Å². The van der Waals surface area contributed by atoms with Gasteiger partial charge < -0.3 is 14.2 Å². The van der Waals surface area contributed by atoms with Crippen LogP contribution in [0.25, 0.3) is 0 Å². The molecule has 0 aliphatic heterocycles. The van der Waals surface area contributed by atoms with Gasteiger partial charge in [0.25, 0.3) is 0 Å². The number of hydrogen-bond donors (Lipinski definition) is 0. The Morgan fingerprint density at radius 1 is 0.284 bits per heavy atom. The highest BCUT2D eigenvalue weighted by Crippen LogP contribution is 2.17. The van der Waals surface area contributed by atoms with Crippen LogP contribution in [-0.2, 0) is 28.6 Å². The molecule has 6 heteroatoms. The molecule has 0 heterocycles. The first-order valence-corrected chi connectivity index (χ1v) is 31.6. The summed E-state index contributed by atoms with van der Waals surface area (Å²) >= 11 is 0. The van der Waals surface area contributed by atoms with Crippen molar-refractivity contribution in [3.8, 4) is 0 Å². The summed E-state index contributed by atoms with van der Waals surface area (Å²) < 4.78 is 16.9. The van der Waals surface area contributed by atoms with Gasteiger partial charge in [-0.3, -0.25) is 14.4 Å². The second kappa shape index (κ2) is 62.1. The van der Waals surface area contributed by atoms with Gasteiger partial charge in [-0.1, -0.05) is 286 Å². The number of ether oxygens (including phenoxy) is 3. The first-order chi connectivity index (χ1) is 36.5. The predicted molar refractivity (Wildman–Crippen MR) is 321 cm³/mol. The zero-order valence-corrected chi connectivity index (χ0v) is 48.8. The Morgan fingerprint density at radius 3 is 0.865 bits per heavy atom. The van der Waals surface area contributed by atoms with Gasteiger partial charge in [-0.2, -0.15) is 0 Å². The van der Waals surface area contributed by atoms with E-state index in [4.69, 9.17) is 14.2 Å². The number of unbranched alkanes of at least 4 members (excludes halogenated alkanes) is 32. The molecule has 1 unspecified atom stereocenters. The Bertz CT molecular complexity index is 1420. The van der Waals surface area contributed by atoms with Crippen LogP contribution < -0.4 is 0 Å². The molecule has 0 N–H and O–H groups in total. The summed E-state index contributed by atoms with van der Waals surface area (Å²) in [4.78, 5) is 38.3. The van der Waals surface area contributed by atoms with Crippen LogP contribution in [-0.4, -0.2) is 37.2 Å². The number of hydrogen-bond acceptors (Lipinski definition) is 6. The van der Waals surface area contributed by atoms with Gasteiger partial charge in [-0.05, 0) is 89.9 Å². The van der Waals surface area contributed by atoms with Gasteiger partial charge in [0, 0.05) is 19.3 Å². The van der Waals surface area contributed by atoms with Crippen LogP contribution in [0.15, 0.2) is 85.1 Å². The molecule has 0 spiro atoms. The van der Waals surface area contributed by atoms with E-state index < -0.39 is 6.10 Å². The van der Waals surface area contributed by atoms with Crippen LogP contribution >= 0.6 is 0 Å². The lowest BCUT2D eigenvalue weighted by atomic mass is 10.0. The number of esters is 3. The summed E-state index contributed by atoms with van der Waals surface area (Å²) in [6, 6.07) is 0. The number of allylic oxidation sites excluding steroid dienone is 14. The van der Waals surface area contributed by atoms with E-state index in [9.17, 15) is 14.4 Å². The monoisotopic (exact) mass is 1030 g/mol. The molecule has 0 aliphatic carbocycles. The Labute approximate surface area is 458 Å². The summed E-state index contributed by atoms with van der Waals surface area (Å²) in [5.74, 6) is -0.883. The van der Waals surface area contributed by atoms with Gasteiger partial charge in [0.2, 0.25) is 0 Å². The largest absolute Gasteiger partial charge is 0.462 e. The molecule has 0 aromatic rings. The highest BCUT2D eigenvalue weighted by molar-refractivity contribution is 5.71. The normalized spacial score (nSPS) is 12.6. The number of carbonyl (C=O) groups excluding carboxylic acids is 3. The minimum Gasteiger partial charge on any atom is -0.462 e. The lowest BCUT2D eigenvalue weighted by molar-refractivity contribution is -0.167. The van der Waals surface area contributed by atoms with E-state index in [1.54, 1.807) is 0 Å². The minimum absolute atomic E-state index is 0.0797. The van der Waals surface area contributed by atoms with Crippen LogP contribution in [0.1, 0.15) is 310 Å². The van der Waals surface area contributed by atoms with Crippen molar-refractivity contribution in [3.05, 3.63) is 85.1 Å². The minimum atomic E-state index is -0.782. The van der Waals surface area contributed by atoms with E-state index in [2.05, 4.69) is 106 Å². The van der Waals surface area contributed by atoms with Crippen molar-refractivity contribution < 1.29 is 28.6 Å². The maximum atomic E-state index is 12.9. The molecule has 0 rings (SSSR count). The molecule has 0 fully saturated rings. The standard InChI is InChI=1S/C68H118O6/c1-4-7-10-13-16-19-22-25-28-29-30-31-32-33-34-35-36-37-38-39-41-43-46-49-52-55-58-61-67(70)73-64-65(63-72-66(69)60-57-54-51-48-45-42-27-24-21-18-15-12-9-6-3)74-68(71)62-59-56-53-50-47-44-40-26-23-20-17-14-11-8-5-2/h7,10,15-16,18-19,24-25,27-28,30-31,33-34,65H,4-6,8-9,11-14,17,20-23,26,29,32,35-64H2,1-3H3/b10-7-,18-15-,19-16-,27-24-,28-25-,31-30-,34-33-. The molecule has 1 atom stereocenters. The van der Waals surface area contributed by atoms with E-state index in [0.717, 1.165) is 109 Å². The molecule has 74 heavy (non-hydrogen) atoms. The number of rotatable bonds is 57. The molecule has 6 nitrogen and oxygen atoms in total. The van der Waals surface area contributed by atoms with Crippen molar-refractivity contribution in [1.82, 2.24) is 0 Å². The molecule has 0 saturated carbocycles. The van der Waals surface area contributed by atoms with Crippen LogP contribution in [0.5, 0.6) is 0 Å². The van der Waals surface area contributed by atoms with Crippen molar-refractivity contribution in [3.63, 3.8) is 0 Å². The van der Waals surface area contributed by atoms with Gasteiger partial charge in [-0.15, -0.1) is 0 Å². The fourth-order valence-electron chi connectivity index (χ4n) is 8.90. The van der Waals surface area contributed by atoms with E-state index in [-0.39, 0.29) is 31.1 Å². The molecule has 0 saturated heterocycles. The maximum Gasteiger partial charge on any atom is 0.306 e. The summed E-state index contributed by atoms with van der Waals surface area (Å²) in [6.07, 6.45) is 81.5. The second-order valence-electron chi connectivity index (χ2n) is 20.9. The van der Waals surface area contributed by atoms with E-state index in [1.807, 2.05) is 0 Å². The molecule has 0 aromatic carbocycles. The van der Waals surface area contributed by atoms with Gasteiger partial charge in [0.05, 0.1) is 0 Å². The SMILES string of the molecule is CC/C=C\C/C=C\C/C=C\C/C=C\C/C=C\CCCCCCCCCCCCCC(=O)OCC(COC(=O)CCCCCCC/C=C\C/C=C\CCCC)OC(=O)CCCCCCCCCCCCCCCCC. The van der Waals surface area contributed by atoms with E-state index >= 15 is 0 Å². The van der Waals surface area contributed by atoms with Crippen molar-refractivity contribution >= 4 is 17.9 Å². The van der Waals surface area contributed by atoms with Gasteiger partial charge >= 0.3 is 17.9 Å². The maximum absolute atomic E-state index is 12.9. The second-order valence-corrected chi connectivity index (χ2v) is 20.9. The molecule has 0 radical (unpaired) electrons. The lowest BCUT2D eigenvalue weighted by Crippen LogP contribution is -2.30. The molecular weight excluding hydrogens is 913 g/mol. The third kappa shape index (κ3) is 59.5. The van der Waals surface area contributed by atoms with Gasteiger partial charge in [0.15, 0.2) is 6.10 Å². The molecular formula is C68H118O6. The lowest BCUT2D eigenvalue weighted by Gasteiger charge is -2.18. The molecule has 426 valence electrons. The highest BCUT2D eigenvalue weighted by Gasteiger charge is 2.19. The van der Waals surface area contributed by atoms with Crippen LogP contribution in [0.3, 0.4) is 0 Å². The number of carbonyl (C=O) groups is 3. The summed E-state index contributed by atoms with van der Waals surface area (Å²) in [5.41, 5.74) is 0. The Morgan fingerprint density at radius 2 is 0.541 bits per heavy atom. The van der Waals surface area contributed by atoms with Crippen LogP contribution in [0, 0.1) is 0 Å². The summed E-state index contributed by atoms with van der Waals surface area (Å²) in [5, 5.41) is 0. The third-order valence-electron chi connectivity index (χ3n) is 13.6. The Balaban J connectivity index is 4.28. The molecule has 0 bridgehead atoms. The molecule has 0 aromatic heterocycles. The zero-order valence-electron chi connectivity index (χ0n) is 48.8. The van der Waals surface area contributed by atoms with Crippen molar-refractivity contribution in [2.45, 2.75) is 316 Å². The molecule has 0 aliphatic rings. The van der Waals surface area contributed by atoms with Crippen LogP contribution in [0.4, 0.5) is 0 Å². The van der Waals surface area contributed by atoms with Crippen LogP contribution in [0.2, 0.25) is 0 Å². The van der Waals surface area contributed by atoms with Crippen molar-refractivity contribution in [1.29, 1.82) is 0 Å².